The van der Waals surface area contributed by atoms with Crippen LogP contribution in [-0.4, -0.2) is 25.6 Å². The molecule has 0 fully saturated rings. The molecular formula is C16H12Cl2N2O5. The van der Waals surface area contributed by atoms with Crippen LogP contribution in [0.3, 0.4) is 0 Å². The maximum absolute atomic E-state index is 12.0. The minimum Gasteiger partial charge on any atom is -0.482 e. The van der Waals surface area contributed by atoms with E-state index in [9.17, 15) is 14.9 Å². The van der Waals surface area contributed by atoms with Gasteiger partial charge in [0.2, 0.25) is 5.88 Å². The van der Waals surface area contributed by atoms with Gasteiger partial charge >= 0.3 is 5.97 Å². The van der Waals surface area contributed by atoms with Gasteiger partial charge in [-0.25, -0.2) is 4.79 Å². The average Bonchev–Trinajstić information content (AvgIpc) is 2.89. The summed E-state index contributed by atoms with van der Waals surface area (Å²) < 4.78 is 15.1. The largest absolute Gasteiger partial charge is 0.482 e. The summed E-state index contributed by atoms with van der Waals surface area (Å²) in [4.78, 5) is 23.7. The third kappa shape index (κ3) is 4.24. The molecule has 1 N–H and O–H groups in total. The fourth-order valence-electron chi connectivity index (χ4n) is 1.98. The molecule has 0 atom stereocenters. The van der Waals surface area contributed by atoms with Gasteiger partial charge in [0.1, 0.15) is 28.7 Å². The molecule has 25 heavy (non-hydrogen) atoms. The maximum atomic E-state index is 12.0. The molecule has 130 valence electrons. The van der Waals surface area contributed by atoms with Crippen LogP contribution in [0, 0.1) is 18.3 Å². The second-order valence-corrected chi connectivity index (χ2v) is 5.60. The molecule has 0 spiro atoms. The Balaban J connectivity index is 2.12. The van der Waals surface area contributed by atoms with Crippen LogP contribution in [0.2, 0.25) is 10.0 Å². The van der Waals surface area contributed by atoms with Crippen molar-refractivity contribution in [2.45, 2.75) is 6.92 Å². The van der Waals surface area contributed by atoms with Crippen LogP contribution in [0.1, 0.15) is 21.7 Å². The van der Waals surface area contributed by atoms with Crippen molar-refractivity contribution in [3.8, 4) is 11.8 Å². The number of aryl methyl sites for hydroxylation is 1. The minimum absolute atomic E-state index is 0.0425. The number of ether oxygens (including phenoxy) is 2. The van der Waals surface area contributed by atoms with Gasteiger partial charge in [0, 0.05) is 11.1 Å². The molecule has 1 aromatic carbocycles. The SMILES string of the molecule is COC(=O)c1c(C)oc(NC(=O)COc2cc(Cl)ccc2Cl)c1C#N. The monoisotopic (exact) mass is 382 g/mol. The van der Waals surface area contributed by atoms with Crippen LogP contribution in [0.25, 0.3) is 0 Å². The summed E-state index contributed by atoms with van der Waals surface area (Å²) in [5.74, 6) is -1.13. The maximum Gasteiger partial charge on any atom is 0.342 e. The number of carbonyl (C=O) groups excluding carboxylic acids is 2. The summed E-state index contributed by atoms with van der Waals surface area (Å²) >= 11 is 11.8. The van der Waals surface area contributed by atoms with Gasteiger partial charge in [0.15, 0.2) is 6.61 Å². The van der Waals surface area contributed by atoms with E-state index in [0.717, 1.165) is 0 Å². The third-order valence-corrected chi connectivity index (χ3v) is 3.64. The first kappa shape index (κ1) is 18.6. The standard InChI is InChI=1S/C16H12Cl2N2O5/c1-8-14(16(22)23-2)10(6-19)15(25-8)20-13(21)7-24-12-5-9(17)3-4-11(12)18/h3-5H,7H2,1-2H3,(H,20,21). The van der Waals surface area contributed by atoms with E-state index in [1.165, 1.54) is 26.2 Å². The molecule has 0 aliphatic rings. The highest BCUT2D eigenvalue weighted by Crippen LogP contribution is 2.29. The molecule has 1 amide bonds. The number of nitrogens with one attached hydrogen (secondary N) is 1. The number of nitriles is 1. The van der Waals surface area contributed by atoms with Crippen LogP contribution in [0.5, 0.6) is 5.75 Å². The van der Waals surface area contributed by atoms with Crippen molar-refractivity contribution in [1.29, 1.82) is 5.26 Å². The first-order valence-electron chi connectivity index (χ1n) is 6.86. The Bertz CT molecular complexity index is 870. The predicted molar refractivity (Wildman–Crippen MR) is 90.1 cm³/mol. The molecular weight excluding hydrogens is 371 g/mol. The number of furan rings is 1. The van der Waals surface area contributed by atoms with E-state index in [-0.39, 0.29) is 33.5 Å². The second kappa shape index (κ2) is 7.92. The lowest BCUT2D eigenvalue weighted by atomic mass is 10.1. The van der Waals surface area contributed by atoms with Crippen LogP contribution in [-0.2, 0) is 9.53 Å². The number of benzene rings is 1. The molecule has 2 aromatic rings. The average molecular weight is 383 g/mol. The molecule has 7 nitrogen and oxygen atoms in total. The first-order valence-corrected chi connectivity index (χ1v) is 7.62. The molecule has 9 heteroatoms. The summed E-state index contributed by atoms with van der Waals surface area (Å²) in [6.45, 7) is 1.07. The molecule has 0 bridgehead atoms. The van der Waals surface area contributed by atoms with Crippen molar-refractivity contribution in [3.63, 3.8) is 0 Å². The molecule has 1 aromatic heterocycles. The molecule has 0 aliphatic heterocycles. The van der Waals surface area contributed by atoms with Crippen LogP contribution < -0.4 is 10.1 Å². The normalized spacial score (nSPS) is 10.0. The summed E-state index contributed by atoms with van der Waals surface area (Å²) in [5.41, 5.74) is -0.169. The molecule has 0 unspecified atom stereocenters. The lowest BCUT2D eigenvalue weighted by Gasteiger charge is -2.08. The highest BCUT2D eigenvalue weighted by molar-refractivity contribution is 6.34. The van der Waals surface area contributed by atoms with Crippen molar-refractivity contribution in [1.82, 2.24) is 0 Å². The van der Waals surface area contributed by atoms with Crippen molar-refractivity contribution in [2.24, 2.45) is 0 Å². The van der Waals surface area contributed by atoms with Crippen molar-refractivity contribution in [2.75, 3.05) is 19.0 Å². The Morgan fingerprint density at radius 2 is 2.08 bits per heavy atom. The van der Waals surface area contributed by atoms with E-state index in [4.69, 9.17) is 32.4 Å². The lowest BCUT2D eigenvalue weighted by molar-refractivity contribution is -0.118. The van der Waals surface area contributed by atoms with Gasteiger partial charge in [0.25, 0.3) is 5.91 Å². The number of methoxy groups -OCH3 is 1. The number of rotatable bonds is 5. The third-order valence-electron chi connectivity index (χ3n) is 3.09. The predicted octanol–water partition coefficient (Wildman–Crippen LogP) is 3.57. The van der Waals surface area contributed by atoms with Gasteiger partial charge in [0.05, 0.1) is 12.1 Å². The number of amides is 1. The van der Waals surface area contributed by atoms with Crippen molar-refractivity contribution in [3.05, 3.63) is 45.1 Å². The number of carbonyl (C=O) groups is 2. The number of halogens is 2. The Kier molecular flexibility index (Phi) is 5.91. The topological polar surface area (TPSA) is 102 Å². The van der Waals surface area contributed by atoms with Crippen molar-refractivity contribution >= 4 is 41.0 Å². The number of nitrogens with zero attached hydrogens (tertiary/aromatic N) is 1. The Labute approximate surface area is 153 Å². The van der Waals surface area contributed by atoms with E-state index in [0.29, 0.717) is 5.02 Å². The van der Waals surface area contributed by atoms with Crippen molar-refractivity contribution < 1.29 is 23.5 Å². The highest BCUT2D eigenvalue weighted by atomic mass is 35.5. The van der Waals surface area contributed by atoms with Gasteiger partial charge in [-0.2, -0.15) is 5.26 Å². The summed E-state index contributed by atoms with van der Waals surface area (Å²) in [7, 11) is 1.18. The second-order valence-electron chi connectivity index (χ2n) is 4.75. The first-order chi connectivity index (χ1) is 11.9. The minimum atomic E-state index is -0.736. The zero-order valence-electron chi connectivity index (χ0n) is 13.2. The lowest BCUT2D eigenvalue weighted by Crippen LogP contribution is -2.20. The smallest absolute Gasteiger partial charge is 0.342 e. The molecule has 2 rings (SSSR count). The van der Waals surface area contributed by atoms with Gasteiger partial charge in [-0.05, 0) is 19.1 Å². The van der Waals surface area contributed by atoms with Gasteiger partial charge in [-0.3, -0.25) is 10.1 Å². The number of anilines is 1. The van der Waals surface area contributed by atoms with Crippen LogP contribution in [0.15, 0.2) is 22.6 Å². The number of hydrogen-bond acceptors (Lipinski definition) is 6. The quantitative estimate of drug-likeness (QED) is 0.792. The zero-order chi connectivity index (χ0) is 18.6. The summed E-state index contributed by atoms with van der Waals surface area (Å²) in [6.07, 6.45) is 0. The van der Waals surface area contributed by atoms with E-state index in [1.807, 2.05) is 6.07 Å². The molecule has 0 saturated heterocycles. The van der Waals surface area contributed by atoms with E-state index < -0.39 is 18.5 Å². The van der Waals surface area contributed by atoms with Gasteiger partial charge < -0.3 is 13.9 Å². The van der Waals surface area contributed by atoms with E-state index in [2.05, 4.69) is 10.1 Å². The van der Waals surface area contributed by atoms with Crippen LogP contribution in [0.4, 0.5) is 5.88 Å². The fraction of sp³-hybridized carbons (Fsp3) is 0.188. The number of hydrogen-bond donors (Lipinski definition) is 1. The Morgan fingerprint density at radius 3 is 2.72 bits per heavy atom. The molecule has 0 aliphatic carbocycles. The summed E-state index contributed by atoms with van der Waals surface area (Å²) in [6, 6.07) is 6.38. The summed E-state index contributed by atoms with van der Waals surface area (Å²) in [5, 5.41) is 12.3. The Morgan fingerprint density at radius 1 is 1.36 bits per heavy atom. The fourth-order valence-corrected chi connectivity index (χ4v) is 2.32. The zero-order valence-corrected chi connectivity index (χ0v) is 14.7. The highest BCUT2D eigenvalue weighted by Gasteiger charge is 2.25. The molecule has 0 radical (unpaired) electrons. The molecule has 1 heterocycles. The molecule has 0 saturated carbocycles. The van der Waals surface area contributed by atoms with E-state index in [1.54, 1.807) is 6.07 Å². The van der Waals surface area contributed by atoms with E-state index >= 15 is 0 Å². The van der Waals surface area contributed by atoms with Gasteiger partial charge in [-0.1, -0.05) is 23.2 Å². The van der Waals surface area contributed by atoms with Gasteiger partial charge in [-0.15, -0.1) is 0 Å². The van der Waals surface area contributed by atoms with Crippen LogP contribution >= 0.6 is 23.2 Å². The number of esters is 1. The Hall–Kier alpha value is -2.69.